The van der Waals surface area contributed by atoms with E-state index in [4.69, 9.17) is 1.37 Å². The molecule has 0 aliphatic heterocycles. The largest absolute Gasteiger partial charge is 0.0991 e. The van der Waals surface area contributed by atoms with Crippen LogP contribution in [0.1, 0.15) is 20.8 Å². The van der Waals surface area contributed by atoms with Gasteiger partial charge in [-0.3, -0.25) is 0 Å². The van der Waals surface area contributed by atoms with Crippen molar-refractivity contribution in [2.24, 2.45) is 0 Å². The van der Waals surface area contributed by atoms with Crippen molar-refractivity contribution in [3.8, 4) is 0 Å². The lowest BCUT2D eigenvalue weighted by Gasteiger charge is -2.04. The summed E-state index contributed by atoms with van der Waals surface area (Å²) in [6.45, 7) is 7.66. The van der Waals surface area contributed by atoms with Gasteiger partial charge in [-0.15, -0.1) is 0 Å². The zero-order valence-electron chi connectivity index (χ0n) is 9.75. The normalized spacial score (nSPS) is 11.9. The van der Waals surface area contributed by atoms with Crippen LogP contribution in [0.2, 0.25) is 0 Å². The molecular formula is C14H16. The van der Waals surface area contributed by atoms with Gasteiger partial charge < -0.3 is 0 Å². The van der Waals surface area contributed by atoms with Gasteiger partial charge in [-0.25, -0.2) is 0 Å². The molecule has 1 aromatic rings. The standard InChI is InChI=1S/C14H16/c1-4-5-11-14(12(2)3)13-9-7-6-8-10-13/h4-11H,1H2,2-3H3/b11-5+/i11D. The van der Waals surface area contributed by atoms with E-state index in [2.05, 4.69) is 6.58 Å². The maximum atomic E-state index is 7.93. The van der Waals surface area contributed by atoms with Gasteiger partial charge in [0.05, 0.1) is 1.37 Å². The molecule has 0 unspecified atom stereocenters. The molecule has 0 spiro atoms. The van der Waals surface area contributed by atoms with Gasteiger partial charge in [0.25, 0.3) is 0 Å². The summed E-state index contributed by atoms with van der Waals surface area (Å²) in [7, 11) is 0. The highest BCUT2D eigenvalue weighted by Gasteiger charge is 1.97. The molecule has 0 saturated heterocycles. The van der Waals surface area contributed by atoms with E-state index in [1.54, 1.807) is 12.2 Å². The van der Waals surface area contributed by atoms with Crippen LogP contribution in [0.5, 0.6) is 0 Å². The van der Waals surface area contributed by atoms with Gasteiger partial charge in [0.2, 0.25) is 0 Å². The molecule has 0 bridgehead atoms. The summed E-state index contributed by atoms with van der Waals surface area (Å²) in [5.41, 5.74) is 3.21. The third-order valence-electron chi connectivity index (χ3n) is 1.91. The lowest BCUT2D eigenvalue weighted by atomic mass is 10.0. The number of hydrogen-bond acceptors (Lipinski definition) is 0. The molecule has 14 heavy (non-hydrogen) atoms. The van der Waals surface area contributed by atoms with E-state index in [1.807, 2.05) is 44.2 Å². The van der Waals surface area contributed by atoms with Crippen molar-refractivity contribution in [3.63, 3.8) is 0 Å². The number of benzene rings is 1. The molecule has 0 heterocycles. The van der Waals surface area contributed by atoms with E-state index in [0.717, 1.165) is 16.7 Å². The second kappa shape index (κ2) is 5.23. The molecule has 0 saturated carbocycles. The Labute approximate surface area is 87.7 Å². The molecule has 72 valence electrons. The second-order valence-corrected chi connectivity index (χ2v) is 3.29. The summed E-state index contributed by atoms with van der Waals surface area (Å²) in [5, 5.41) is 0. The number of hydrogen-bond donors (Lipinski definition) is 0. The monoisotopic (exact) mass is 185 g/mol. The van der Waals surface area contributed by atoms with Crippen LogP contribution in [0.3, 0.4) is 0 Å². The molecule has 0 aliphatic carbocycles. The van der Waals surface area contributed by atoms with Crippen molar-refractivity contribution in [2.75, 3.05) is 0 Å². The third kappa shape index (κ3) is 2.74. The van der Waals surface area contributed by atoms with E-state index < -0.39 is 0 Å². The zero-order chi connectivity index (χ0) is 11.3. The van der Waals surface area contributed by atoms with Gasteiger partial charge in [-0.05, 0) is 25.0 Å². The van der Waals surface area contributed by atoms with Gasteiger partial charge in [-0.2, -0.15) is 0 Å². The van der Waals surface area contributed by atoms with Crippen LogP contribution >= 0.6 is 0 Å². The molecule has 0 aromatic heterocycles. The molecule has 1 rings (SSSR count). The Morgan fingerprint density at radius 3 is 2.43 bits per heavy atom. The van der Waals surface area contributed by atoms with Crippen molar-refractivity contribution in [1.82, 2.24) is 0 Å². The summed E-state index contributed by atoms with van der Waals surface area (Å²) < 4.78 is 7.93. The van der Waals surface area contributed by atoms with Crippen molar-refractivity contribution < 1.29 is 1.37 Å². The fourth-order valence-corrected chi connectivity index (χ4v) is 1.26. The van der Waals surface area contributed by atoms with Crippen LogP contribution in [0.4, 0.5) is 0 Å². The maximum Gasteiger partial charge on any atom is 0.0629 e. The SMILES string of the molecule is [2H]/C(=C\C=C)C(=C(C)C)c1ccccc1. The molecule has 0 aliphatic rings. The molecular weight excluding hydrogens is 168 g/mol. The Balaban J connectivity index is 3.24. The Bertz CT molecular complexity index is 393. The van der Waals surface area contributed by atoms with E-state index in [-0.39, 0.29) is 0 Å². The molecule has 0 N–H and O–H groups in total. The van der Waals surface area contributed by atoms with Crippen molar-refractivity contribution >= 4 is 5.57 Å². The first-order valence-corrected chi connectivity index (χ1v) is 4.69. The minimum Gasteiger partial charge on any atom is -0.0991 e. The molecule has 0 amide bonds. The molecule has 0 heteroatoms. The van der Waals surface area contributed by atoms with Crippen LogP contribution in [0, 0.1) is 0 Å². The van der Waals surface area contributed by atoms with E-state index in [9.17, 15) is 0 Å². The molecule has 0 nitrogen and oxygen atoms in total. The summed E-state index contributed by atoms with van der Waals surface area (Å²) in [6, 6.07) is 10.5. The van der Waals surface area contributed by atoms with Crippen LogP contribution in [0.25, 0.3) is 5.57 Å². The molecule has 0 radical (unpaired) electrons. The number of allylic oxidation sites excluding steroid dienone is 5. The molecule has 1 aromatic carbocycles. The van der Waals surface area contributed by atoms with Gasteiger partial charge in [0.1, 0.15) is 0 Å². The van der Waals surface area contributed by atoms with Crippen LogP contribution < -0.4 is 0 Å². The fourth-order valence-electron chi connectivity index (χ4n) is 1.26. The molecule has 0 atom stereocenters. The van der Waals surface area contributed by atoms with Gasteiger partial charge in [0, 0.05) is 0 Å². The topological polar surface area (TPSA) is 0 Å². The van der Waals surface area contributed by atoms with Gasteiger partial charge in [-0.1, -0.05) is 60.7 Å². The summed E-state index contributed by atoms with van der Waals surface area (Å²) in [5.74, 6) is 0. The molecule has 0 fully saturated rings. The smallest absolute Gasteiger partial charge is 0.0629 e. The second-order valence-electron chi connectivity index (χ2n) is 3.29. The third-order valence-corrected chi connectivity index (χ3v) is 1.91. The van der Waals surface area contributed by atoms with Crippen molar-refractivity contribution in [1.29, 1.82) is 0 Å². The van der Waals surface area contributed by atoms with E-state index >= 15 is 0 Å². The fraction of sp³-hybridized carbons (Fsp3) is 0.143. The summed E-state index contributed by atoms with van der Waals surface area (Å²) in [4.78, 5) is 0. The zero-order valence-corrected chi connectivity index (χ0v) is 8.75. The predicted molar refractivity (Wildman–Crippen MR) is 64.0 cm³/mol. The minimum atomic E-state index is 0.510. The average Bonchev–Trinajstić information content (AvgIpc) is 2.19. The van der Waals surface area contributed by atoms with E-state index in [1.165, 1.54) is 0 Å². The number of rotatable bonds is 3. The van der Waals surface area contributed by atoms with Gasteiger partial charge in [0.15, 0.2) is 0 Å². The lowest BCUT2D eigenvalue weighted by molar-refractivity contribution is 1.39. The van der Waals surface area contributed by atoms with Crippen LogP contribution in [0.15, 0.2) is 60.7 Å². The van der Waals surface area contributed by atoms with Crippen LogP contribution in [-0.4, -0.2) is 0 Å². The Morgan fingerprint density at radius 1 is 1.29 bits per heavy atom. The predicted octanol–water partition coefficient (Wildman–Crippen LogP) is 4.22. The van der Waals surface area contributed by atoms with Crippen LogP contribution in [-0.2, 0) is 0 Å². The quantitative estimate of drug-likeness (QED) is 0.618. The van der Waals surface area contributed by atoms with E-state index in [0.29, 0.717) is 6.05 Å². The first-order chi connectivity index (χ1) is 7.16. The first-order valence-electron chi connectivity index (χ1n) is 5.19. The summed E-state index contributed by atoms with van der Waals surface area (Å²) in [6.07, 6.45) is 3.36. The van der Waals surface area contributed by atoms with Gasteiger partial charge >= 0.3 is 0 Å². The lowest BCUT2D eigenvalue weighted by Crippen LogP contribution is -1.82. The maximum absolute atomic E-state index is 7.93. The van der Waals surface area contributed by atoms with Crippen molar-refractivity contribution in [3.05, 3.63) is 66.3 Å². The Hall–Kier alpha value is -1.56. The first kappa shape index (κ1) is 9.01. The average molecular weight is 185 g/mol. The highest BCUT2D eigenvalue weighted by Crippen LogP contribution is 2.19. The Kier molecular flexibility index (Phi) is 3.37. The Morgan fingerprint density at radius 2 is 1.93 bits per heavy atom. The minimum absolute atomic E-state index is 0.510. The highest BCUT2D eigenvalue weighted by atomic mass is 14.0. The summed E-state index contributed by atoms with van der Waals surface area (Å²) >= 11 is 0. The highest BCUT2D eigenvalue weighted by molar-refractivity contribution is 5.76. The van der Waals surface area contributed by atoms with Crippen molar-refractivity contribution in [2.45, 2.75) is 13.8 Å².